The summed E-state index contributed by atoms with van der Waals surface area (Å²) in [7, 11) is -2.99. The number of aryl methyl sites for hydroxylation is 3. The monoisotopic (exact) mass is 406 g/mol. The highest BCUT2D eigenvalue weighted by molar-refractivity contribution is 7.91. The molecule has 9 heteroatoms. The molecule has 152 valence electrons. The summed E-state index contributed by atoms with van der Waals surface area (Å²) < 4.78 is 28.9. The third kappa shape index (κ3) is 3.59. The zero-order valence-corrected chi connectivity index (χ0v) is 17.3. The maximum absolute atomic E-state index is 12.6. The van der Waals surface area contributed by atoms with Crippen molar-refractivity contribution >= 4 is 32.7 Å². The van der Waals surface area contributed by atoms with Gasteiger partial charge in [-0.05, 0) is 40.0 Å². The van der Waals surface area contributed by atoms with E-state index >= 15 is 0 Å². The van der Waals surface area contributed by atoms with Gasteiger partial charge in [0.2, 0.25) is 11.6 Å². The second-order valence-corrected chi connectivity index (χ2v) is 10.2. The van der Waals surface area contributed by atoms with Crippen LogP contribution in [0.15, 0.2) is 4.42 Å². The molecule has 2 saturated heterocycles. The SMILES string of the molecule is Cc1nc(N2CCC(C(=O)N[C@H]3CCS(=O)(=O)C3)CC2)c2c(C)c(C)oc2n1. The fourth-order valence-corrected chi connectivity index (χ4v) is 5.82. The zero-order valence-electron chi connectivity index (χ0n) is 16.5. The van der Waals surface area contributed by atoms with Gasteiger partial charge in [0.1, 0.15) is 17.4 Å². The van der Waals surface area contributed by atoms with E-state index in [2.05, 4.69) is 20.2 Å². The molecule has 2 aromatic rings. The standard InChI is InChI=1S/C19H26N4O4S/c1-11-12(2)27-19-16(11)17(20-13(3)21-19)23-7-4-14(5-8-23)18(24)22-15-6-9-28(25,26)10-15/h14-15H,4-10H2,1-3H3,(H,22,24)/t15-/m0/s1. The average Bonchev–Trinajstić information content (AvgIpc) is 3.12. The van der Waals surface area contributed by atoms with Crippen molar-refractivity contribution in [2.45, 2.75) is 46.1 Å². The number of fused-ring (bicyclic) bond motifs is 1. The van der Waals surface area contributed by atoms with Crippen LogP contribution < -0.4 is 10.2 Å². The van der Waals surface area contributed by atoms with Gasteiger partial charge >= 0.3 is 0 Å². The summed E-state index contributed by atoms with van der Waals surface area (Å²) in [5, 5.41) is 3.88. The molecule has 8 nitrogen and oxygen atoms in total. The lowest BCUT2D eigenvalue weighted by atomic mass is 9.95. The molecular weight excluding hydrogens is 380 g/mol. The minimum atomic E-state index is -2.99. The average molecular weight is 407 g/mol. The highest BCUT2D eigenvalue weighted by Crippen LogP contribution is 2.33. The summed E-state index contributed by atoms with van der Waals surface area (Å²) in [4.78, 5) is 23.8. The van der Waals surface area contributed by atoms with Crippen LogP contribution in [0, 0.1) is 26.7 Å². The van der Waals surface area contributed by atoms with Crippen molar-refractivity contribution in [2.75, 3.05) is 29.5 Å². The molecule has 0 aliphatic carbocycles. The number of furan rings is 1. The molecule has 0 bridgehead atoms. The van der Waals surface area contributed by atoms with Crippen LogP contribution in [0.3, 0.4) is 0 Å². The van der Waals surface area contributed by atoms with E-state index in [9.17, 15) is 13.2 Å². The summed E-state index contributed by atoms with van der Waals surface area (Å²) in [5.74, 6) is 2.50. The Balaban J connectivity index is 1.45. The number of nitrogens with one attached hydrogen (secondary N) is 1. The van der Waals surface area contributed by atoms with Gasteiger partial charge in [-0.1, -0.05) is 0 Å². The molecule has 0 aromatic carbocycles. The molecule has 0 radical (unpaired) electrons. The van der Waals surface area contributed by atoms with Crippen molar-refractivity contribution in [3.05, 3.63) is 17.1 Å². The van der Waals surface area contributed by atoms with E-state index in [1.807, 2.05) is 20.8 Å². The van der Waals surface area contributed by atoms with Gasteiger partial charge in [0.25, 0.3) is 0 Å². The number of sulfone groups is 1. The molecule has 2 aromatic heterocycles. The number of rotatable bonds is 3. The van der Waals surface area contributed by atoms with Crippen LogP contribution in [0.25, 0.3) is 11.1 Å². The lowest BCUT2D eigenvalue weighted by Gasteiger charge is -2.33. The molecule has 2 fully saturated rings. The second-order valence-electron chi connectivity index (χ2n) is 7.93. The summed E-state index contributed by atoms with van der Waals surface area (Å²) >= 11 is 0. The van der Waals surface area contributed by atoms with Crippen molar-refractivity contribution < 1.29 is 17.6 Å². The molecule has 0 saturated carbocycles. The van der Waals surface area contributed by atoms with E-state index in [1.54, 1.807) is 0 Å². The molecule has 0 spiro atoms. The third-order valence-corrected chi connectivity index (χ3v) is 7.63. The number of nitrogens with zero attached hydrogens (tertiary/aromatic N) is 3. The predicted octanol–water partition coefficient (Wildman–Crippen LogP) is 1.67. The number of carbonyl (C=O) groups is 1. The number of carbonyl (C=O) groups excluding carboxylic acids is 1. The molecule has 1 N–H and O–H groups in total. The van der Waals surface area contributed by atoms with E-state index in [4.69, 9.17) is 4.42 Å². The molecule has 1 amide bonds. The Hall–Kier alpha value is -2.16. The van der Waals surface area contributed by atoms with Gasteiger partial charge in [-0.15, -0.1) is 0 Å². The van der Waals surface area contributed by atoms with Crippen LogP contribution in [0.5, 0.6) is 0 Å². The minimum absolute atomic E-state index is 0.0268. The molecule has 2 aliphatic heterocycles. The van der Waals surface area contributed by atoms with E-state index in [-0.39, 0.29) is 29.4 Å². The first-order valence-corrected chi connectivity index (χ1v) is 11.6. The molecule has 1 atom stereocenters. The summed E-state index contributed by atoms with van der Waals surface area (Å²) in [5.41, 5.74) is 1.66. The quantitative estimate of drug-likeness (QED) is 0.826. The predicted molar refractivity (Wildman–Crippen MR) is 106 cm³/mol. The van der Waals surface area contributed by atoms with Gasteiger partial charge in [0.05, 0.1) is 16.9 Å². The van der Waals surface area contributed by atoms with Crippen LogP contribution >= 0.6 is 0 Å². The summed E-state index contributed by atoms with van der Waals surface area (Å²) in [6.45, 7) is 7.23. The maximum atomic E-state index is 12.6. The first-order valence-electron chi connectivity index (χ1n) is 9.73. The Morgan fingerprint density at radius 1 is 1.14 bits per heavy atom. The number of hydrogen-bond donors (Lipinski definition) is 1. The lowest BCUT2D eigenvalue weighted by molar-refractivity contribution is -0.126. The Labute approximate surface area is 164 Å². The molecule has 4 heterocycles. The van der Waals surface area contributed by atoms with Crippen molar-refractivity contribution in [3.63, 3.8) is 0 Å². The van der Waals surface area contributed by atoms with Crippen molar-refractivity contribution in [1.82, 2.24) is 15.3 Å². The Kier molecular flexibility index (Phi) is 4.81. The Bertz CT molecular complexity index is 1020. The molecule has 28 heavy (non-hydrogen) atoms. The van der Waals surface area contributed by atoms with Crippen LogP contribution in [0.2, 0.25) is 0 Å². The molecular formula is C19H26N4O4S. The second kappa shape index (κ2) is 7.02. The summed E-state index contributed by atoms with van der Waals surface area (Å²) in [6, 6.07) is -0.240. The first-order chi connectivity index (χ1) is 13.2. The van der Waals surface area contributed by atoms with Crippen molar-refractivity contribution in [3.8, 4) is 0 Å². The number of anilines is 1. The van der Waals surface area contributed by atoms with E-state index in [0.29, 0.717) is 30.8 Å². The number of aromatic nitrogens is 2. The lowest BCUT2D eigenvalue weighted by Crippen LogP contribution is -2.44. The van der Waals surface area contributed by atoms with E-state index < -0.39 is 9.84 Å². The fraction of sp³-hybridized carbons (Fsp3) is 0.632. The van der Waals surface area contributed by atoms with E-state index in [0.717, 1.165) is 35.6 Å². The highest BCUT2D eigenvalue weighted by atomic mass is 32.2. The summed E-state index contributed by atoms with van der Waals surface area (Å²) in [6.07, 6.45) is 1.95. The minimum Gasteiger partial charge on any atom is -0.443 e. The van der Waals surface area contributed by atoms with E-state index in [1.165, 1.54) is 0 Å². The van der Waals surface area contributed by atoms with Gasteiger partial charge in [-0.25, -0.2) is 13.4 Å². The fourth-order valence-electron chi connectivity index (χ4n) is 4.14. The maximum Gasteiger partial charge on any atom is 0.231 e. The van der Waals surface area contributed by atoms with Crippen LogP contribution in [-0.4, -0.2) is 54.9 Å². The van der Waals surface area contributed by atoms with Crippen LogP contribution in [0.4, 0.5) is 5.82 Å². The topological polar surface area (TPSA) is 105 Å². The number of piperidine rings is 1. The zero-order chi connectivity index (χ0) is 20.1. The molecule has 4 rings (SSSR count). The number of amides is 1. The van der Waals surface area contributed by atoms with Crippen molar-refractivity contribution in [1.29, 1.82) is 0 Å². The van der Waals surface area contributed by atoms with Crippen LogP contribution in [-0.2, 0) is 14.6 Å². The smallest absolute Gasteiger partial charge is 0.231 e. The van der Waals surface area contributed by atoms with Crippen LogP contribution in [0.1, 0.15) is 36.4 Å². The highest BCUT2D eigenvalue weighted by Gasteiger charge is 2.33. The van der Waals surface area contributed by atoms with Crippen molar-refractivity contribution in [2.24, 2.45) is 5.92 Å². The van der Waals surface area contributed by atoms with Gasteiger partial charge in [-0.3, -0.25) is 4.79 Å². The van der Waals surface area contributed by atoms with Gasteiger partial charge in [0, 0.05) is 30.6 Å². The van der Waals surface area contributed by atoms with Gasteiger partial charge in [0.15, 0.2) is 9.84 Å². The van der Waals surface area contributed by atoms with Gasteiger partial charge < -0.3 is 14.6 Å². The van der Waals surface area contributed by atoms with Gasteiger partial charge in [-0.2, -0.15) is 4.98 Å². The Morgan fingerprint density at radius 3 is 2.50 bits per heavy atom. The normalized spacial score (nSPS) is 22.7. The number of hydrogen-bond acceptors (Lipinski definition) is 7. The Morgan fingerprint density at radius 2 is 1.86 bits per heavy atom. The third-order valence-electron chi connectivity index (χ3n) is 5.87. The molecule has 0 unspecified atom stereocenters. The molecule has 2 aliphatic rings. The first kappa shape index (κ1) is 19.2. The largest absolute Gasteiger partial charge is 0.443 e.